The zero-order valence-electron chi connectivity index (χ0n) is 13.3. The smallest absolute Gasteiger partial charge is 0.220 e. The van der Waals surface area contributed by atoms with E-state index in [-0.39, 0.29) is 0 Å². The van der Waals surface area contributed by atoms with E-state index in [1.165, 1.54) is 11.1 Å². The highest BCUT2D eigenvalue weighted by molar-refractivity contribution is 5.37. The molecule has 0 atom stereocenters. The summed E-state index contributed by atoms with van der Waals surface area (Å²) in [6.45, 7) is 4.73. The number of rotatable bonds is 4. The average molecular weight is 299 g/mol. The number of fused-ring (bicyclic) bond motifs is 1. The van der Waals surface area contributed by atoms with Crippen LogP contribution in [-0.4, -0.2) is 35.6 Å². The summed E-state index contributed by atoms with van der Waals surface area (Å²) in [5.41, 5.74) is 4.65. The molecule has 2 heterocycles. The van der Waals surface area contributed by atoms with Gasteiger partial charge in [0.25, 0.3) is 0 Å². The third-order valence-electron chi connectivity index (χ3n) is 4.06. The predicted octanol–water partition coefficient (Wildman–Crippen LogP) is 2.36. The summed E-state index contributed by atoms with van der Waals surface area (Å²) in [5.74, 6) is 1.62. The Kier molecular flexibility index (Phi) is 4.24. The molecule has 5 nitrogen and oxygen atoms in total. The summed E-state index contributed by atoms with van der Waals surface area (Å²) in [7, 11) is 3.38. The summed E-state index contributed by atoms with van der Waals surface area (Å²) in [4.78, 5) is 11.0. The van der Waals surface area contributed by atoms with Crippen molar-refractivity contribution in [1.82, 2.24) is 14.9 Å². The van der Waals surface area contributed by atoms with Gasteiger partial charge in [-0.2, -0.15) is 0 Å². The van der Waals surface area contributed by atoms with Crippen LogP contribution in [0.4, 0.5) is 0 Å². The third kappa shape index (κ3) is 2.90. The van der Waals surface area contributed by atoms with E-state index in [4.69, 9.17) is 9.47 Å². The highest BCUT2D eigenvalue weighted by atomic mass is 16.5. The van der Waals surface area contributed by atoms with Gasteiger partial charge in [-0.1, -0.05) is 17.7 Å². The van der Waals surface area contributed by atoms with Gasteiger partial charge in [-0.25, -0.2) is 9.97 Å². The summed E-state index contributed by atoms with van der Waals surface area (Å²) in [6, 6.07) is 6.30. The molecule has 0 unspecified atom stereocenters. The van der Waals surface area contributed by atoms with Crippen LogP contribution in [0.5, 0.6) is 11.6 Å². The predicted molar refractivity (Wildman–Crippen MR) is 84.1 cm³/mol. The second kappa shape index (κ2) is 6.32. The van der Waals surface area contributed by atoms with Crippen LogP contribution in [0.3, 0.4) is 0 Å². The van der Waals surface area contributed by atoms with Crippen molar-refractivity contribution in [2.24, 2.45) is 0 Å². The summed E-state index contributed by atoms with van der Waals surface area (Å²) < 4.78 is 10.9. The molecule has 1 aromatic heterocycles. The molecule has 1 aliphatic rings. The van der Waals surface area contributed by atoms with E-state index < -0.39 is 0 Å². The average Bonchev–Trinajstić information content (AvgIpc) is 2.54. The van der Waals surface area contributed by atoms with E-state index in [9.17, 15) is 0 Å². The highest BCUT2D eigenvalue weighted by Gasteiger charge is 2.22. The number of ether oxygens (including phenoxy) is 2. The molecular weight excluding hydrogens is 278 g/mol. The van der Waals surface area contributed by atoms with Gasteiger partial charge in [0, 0.05) is 37.2 Å². The minimum Gasteiger partial charge on any atom is -0.496 e. The van der Waals surface area contributed by atoms with Crippen LogP contribution in [0.25, 0.3) is 0 Å². The largest absolute Gasteiger partial charge is 0.496 e. The summed E-state index contributed by atoms with van der Waals surface area (Å²) >= 11 is 0. The fraction of sp³-hybridized carbons (Fsp3) is 0.412. The van der Waals surface area contributed by atoms with Crippen LogP contribution in [0.15, 0.2) is 24.5 Å². The van der Waals surface area contributed by atoms with Crippen molar-refractivity contribution in [1.29, 1.82) is 0 Å². The number of aromatic nitrogens is 2. The van der Waals surface area contributed by atoms with E-state index in [0.29, 0.717) is 5.88 Å². The molecule has 1 aliphatic heterocycles. The molecule has 0 radical (unpaired) electrons. The fourth-order valence-corrected chi connectivity index (χ4v) is 2.95. The first-order valence-electron chi connectivity index (χ1n) is 7.44. The minimum absolute atomic E-state index is 0.686. The van der Waals surface area contributed by atoms with Crippen LogP contribution in [0, 0.1) is 6.92 Å². The van der Waals surface area contributed by atoms with Gasteiger partial charge in [-0.05, 0) is 13.0 Å². The summed E-state index contributed by atoms with van der Waals surface area (Å²) in [5, 5.41) is 0. The Morgan fingerprint density at radius 3 is 2.82 bits per heavy atom. The van der Waals surface area contributed by atoms with E-state index in [2.05, 4.69) is 33.9 Å². The van der Waals surface area contributed by atoms with E-state index >= 15 is 0 Å². The Hall–Kier alpha value is -2.14. The number of nitrogens with zero attached hydrogens (tertiary/aromatic N) is 3. The van der Waals surface area contributed by atoms with Crippen molar-refractivity contribution < 1.29 is 9.47 Å². The molecule has 5 heteroatoms. The Morgan fingerprint density at radius 2 is 2.05 bits per heavy atom. The van der Waals surface area contributed by atoms with Gasteiger partial charge in [0.1, 0.15) is 12.1 Å². The topological polar surface area (TPSA) is 47.5 Å². The third-order valence-corrected chi connectivity index (χ3v) is 4.06. The molecule has 0 bridgehead atoms. The number of hydrogen-bond donors (Lipinski definition) is 0. The van der Waals surface area contributed by atoms with E-state index in [1.807, 2.05) is 6.07 Å². The van der Waals surface area contributed by atoms with Gasteiger partial charge in [-0.3, -0.25) is 4.90 Å². The van der Waals surface area contributed by atoms with Crippen molar-refractivity contribution in [3.8, 4) is 11.6 Å². The molecule has 0 aliphatic carbocycles. The zero-order chi connectivity index (χ0) is 15.5. The van der Waals surface area contributed by atoms with E-state index in [1.54, 1.807) is 20.5 Å². The molecule has 3 rings (SSSR count). The maximum Gasteiger partial charge on any atom is 0.220 e. The maximum atomic E-state index is 5.48. The minimum atomic E-state index is 0.686. The van der Waals surface area contributed by atoms with Crippen molar-refractivity contribution in [2.75, 3.05) is 20.8 Å². The van der Waals surface area contributed by atoms with Gasteiger partial charge in [0.2, 0.25) is 5.88 Å². The van der Waals surface area contributed by atoms with Crippen LogP contribution in [-0.2, 0) is 19.5 Å². The molecule has 22 heavy (non-hydrogen) atoms. The lowest BCUT2D eigenvalue weighted by molar-refractivity contribution is 0.232. The molecule has 116 valence electrons. The van der Waals surface area contributed by atoms with Crippen LogP contribution >= 0.6 is 0 Å². The molecule has 2 aromatic rings. The Balaban J connectivity index is 1.82. The molecule has 0 N–H and O–H groups in total. The standard InChI is InChI=1S/C17H21N3O2/c1-12-4-5-16(21-2)13(8-12)9-20-7-6-15-14(10-20)17(22-3)19-11-18-15/h4-5,8,11H,6-7,9-10H2,1-3H3. The molecule has 0 saturated heterocycles. The lowest BCUT2D eigenvalue weighted by Crippen LogP contribution is -2.31. The molecule has 0 amide bonds. The number of hydrogen-bond acceptors (Lipinski definition) is 5. The molecule has 0 fully saturated rings. The maximum absolute atomic E-state index is 5.48. The monoisotopic (exact) mass is 299 g/mol. The van der Waals surface area contributed by atoms with Gasteiger partial charge in [-0.15, -0.1) is 0 Å². The van der Waals surface area contributed by atoms with Gasteiger partial charge in [0.05, 0.1) is 19.9 Å². The van der Waals surface area contributed by atoms with Crippen molar-refractivity contribution >= 4 is 0 Å². The zero-order valence-corrected chi connectivity index (χ0v) is 13.3. The molecule has 0 saturated carbocycles. The number of aryl methyl sites for hydroxylation is 1. The van der Waals surface area contributed by atoms with Gasteiger partial charge in [0.15, 0.2) is 0 Å². The Labute approximate surface area is 130 Å². The van der Waals surface area contributed by atoms with Crippen molar-refractivity contribution in [3.05, 3.63) is 46.9 Å². The Morgan fingerprint density at radius 1 is 1.18 bits per heavy atom. The van der Waals surface area contributed by atoms with E-state index in [0.717, 1.165) is 43.1 Å². The SMILES string of the molecule is COc1ccc(C)cc1CN1CCc2ncnc(OC)c2C1. The molecule has 0 spiro atoms. The lowest BCUT2D eigenvalue weighted by Gasteiger charge is -2.29. The van der Waals surface area contributed by atoms with Crippen molar-refractivity contribution in [2.45, 2.75) is 26.4 Å². The van der Waals surface area contributed by atoms with Crippen LogP contribution in [0.2, 0.25) is 0 Å². The first-order chi connectivity index (χ1) is 10.7. The first-order valence-corrected chi connectivity index (χ1v) is 7.44. The van der Waals surface area contributed by atoms with Crippen LogP contribution in [0.1, 0.15) is 22.4 Å². The van der Waals surface area contributed by atoms with Crippen LogP contribution < -0.4 is 9.47 Å². The van der Waals surface area contributed by atoms with Crippen molar-refractivity contribution in [3.63, 3.8) is 0 Å². The Bertz CT molecular complexity index is 659. The summed E-state index contributed by atoms with van der Waals surface area (Å²) in [6.07, 6.45) is 2.50. The highest BCUT2D eigenvalue weighted by Crippen LogP contribution is 2.27. The second-order valence-electron chi connectivity index (χ2n) is 5.58. The molecule has 1 aromatic carbocycles. The number of methoxy groups -OCH3 is 2. The normalized spacial score (nSPS) is 14.5. The second-order valence-corrected chi connectivity index (χ2v) is 5.58. The number of benzene rings is 1. The quantitative estimate of drug-likeness (QED) is 0.867. The van der Waals surface area contributed by atoms with Gasteiger partial charge < -0.3 is 9.47 Å². The lowest BCUT2D eigenvalue weighted by atomic mass is 10.0. The molecular formula is C17H21N3O2. The first kappa shape index (κ1) is 14.8. The van der Waals surface area contributed by atoms with Gasteiger partial charge >= 0.3 is 0 Å². The fourth-order valence-electron chi connectivity index (χ4n) is 2.95.